The molecule has 0 aliphatic heterocycles. The second-order valence-corrected chi connectivity index (χ2v) is 11.1. The highest BCUT2D eigenvalue weighted by Crippen LogP contribution is 2.22. The summed E-state index contributed by atoms with van der Waals surface area (Å²) >= 11 is 2.65. The van der Waals surface area contributed by atoms with Crippen LogP contribution in [0, 0.1) is 5.82 Å². The van der Waals surface area contributed by atoms with Crippen LogP contribution in [-0.2, 0) is 30.7 Å². The number of sulfone groups is 1. The number of carbonyl (C=O) groups is 2. The molecule has 0 spiro atoms. The molecule has 1 aromatic heterocycles. The number of amides is 1. The smallest absolute Gasteiger partial charge is 0.325 e. The third kappa shape index (κ3) is 6.27. The summed E-state index contributed by atoms with van der Waals surface area (Å²) in [6.07, 6.45) is 1.89. The first-order valence-electron chi connectivity index (χ1n) is 9.53. The number of fused-ring (bicyclic) bond motifs is 1. The predicted octanol–water partition coefficient (Wildman–Crippen LogP) is 3.42. The Labute approximate surface area is 192 Å². The standard InChI is InChI=1S/C21H21FN2O5S3/c1-29-20(26)13-24-17-10-9-16(32(2,27)28)12-18(17)31-21(24)23-19(25)4-3-11-30-15-7-5-14(22)6-8-15/h5-10,12H,3-4,11,13H2,1-2H3. The topological polar surface area (TPSA) is 94.8 Å². The molecule has 170 valence electrons. The number of esters is 1. The Kier molecular flexibility index (Phi) is 7.86. The SMILES string of the molecule is COC(=O)Cn1c(=NC(=O)CCCSc2ccc(F)cc2)sc2cc(S(C)(=O)=O)ccc21. The number of nitrogens with zero attached hydrogens (tertiary/aromatic N) is 2. The van der Waals surface area contributed by atoms with Crippen LogP contribution in [0.3, 0.4) is 0 Å². The Balaban J connectivity index is 1.79. The summed E-state index contributed by atoms with van der Waals surface area (Å²) in [6, 6.07) is 10.7. The predicted molar refractivity (Wildman–Crippen MR) is 122 cm³/mol. The maximum atomic E-state index is 13.0. The molecule has 0 aliphatic rings. The normalized spacial score (nSPS) is 12.3. The van der Waals surface area contributed by atoms with E-state index in [-0.39, 0.29) is 29.6 Å². The zero-order valence-corrected chi connectivity index (χ0v) is 19.9. The van der Waals surface area contributed by atoms with Gasteiger partial charge in [0.25, 0.3) is 0 Å². The third-order valence-corrected chi connectivity index (χ3v) is 7.68. The monoisotopic (exact) mass is 496 g/mol. The van der Waals surface area contributed by atoms with Gasteiger partial charge in [-0.15, -0.1) is 11.8 Å². The fraction of sp³-hybridized carbons (Fsp3) is 0.286. The van der Waals surface area contributed by atoms with Gasteiger partial charge in [-0.3, -0.25) is 9.59 Å². The zero-order valence-electron chi connectivity index (χ0n) is 17.4. The molecule has 0 saturated carbocycles. The van der Waals surface area contributed by atoms with E-state index < -0.39 is 15.8 Å². The Bertz CT molecular complexity index is 1310. The Morgan fingerprint density at radius 3 is 2.56 bits per heavy atom. The fourth-order valence-electron chi connectivity index (χ4n) is 2.82. The van der Waals surface area contributed by atoms with Gasteiger partial charge >= 0.3 is 5.97 Å². The molecule has 0 atom stereocenters. The van der Waals surface area contributed by atoms with Crippen molar-refractivity contribution >= 4 is 55.0 Å². The van der Waals surface area contributed by atoms with Crippen LogP contribution in [0.25, 0.3) is 10.2 Å². The number of hydrogen-bond acceptors (Lipinski definition) is 7. The van der Waals surface area contributed by atoms with Crippen molar-refractivity contribution < 1.29 is 27.1 Å². The minimum absolute atomic E-state index is 0.146. The van der Waals surface area contributed by atoms with Crippen LogP contribution in [0.15, 0.2) is 57.2 Å². The van der Waals surface area contributed by atoms with E-state index in [9.17, 15) is 22.4 Å². The summed E-state index contributed by atoms with van der Waals surface area (Å²) in [5, 5.41) is 0. The quantitative estimate of drug-likeness (QED) is 0.269. The van der Waals surface area contributed by atoms with Crippen molar-refractivity contribution in [2.24, 2.45) is 4.99 Å². The molecule has 3 rings (SSSR count). The minimum Gasteiger partial charge on any atom is -0.468 e. The maximum Gasteiger partial charge on any atom is 0.325 e. The lowest BCUT2D eigenvalue weighted by atomic mass is 10.3. The van der Waals surface area contributed by atoms with Gasteiger partial charge in [-0.25, -0.2) is 12.8 Å². The second-order valence-electron chi connectivity index (χ2n) is 6.86. The zero-order chi connectivity index (χ0) is 23.3. The van der Waals surface area contributed by atoms with Crippen LogP contribution in [-0.4, -0.2) is 44.0 Å². The average molecular weight is 497 g/mol. The van der Waals surface area contributed by atoms with Gasteiger partial charge in [-0.1, -0.05) is 11.3 Å². The molecule has 0 unspecified atom stereocenters. The van der Waals surface area contributed by atoms with Crippen molar-refractivity contribution in [3.8, 4) is 0 Å². The summed E-state index contributed by atoms with van der Waals surface area (Å²) in [7, 11) is -2.14. The van der Waals surface area contributed by atoms with Crippen LogP contribution in [0.5, 0.6) is 0 Å². The lowest BCUT2D eigenvalue weighted by Gasteiger charge is -2.04. The number of thiazole rings is 1. The summed E-state index contributed by atoms with van der Waals surface area (Å²) < 4.78 is 43.5. The molecule has 32 heavy (non-hydrogen) atoms. The molecular formula is C21H21FN2O5S3. The molecule has 1 amide bonds. The summed E-state index contributed by atoms with van der Waals surface area (Å²) in [4.78, 5) is 29.8. The summed E-state index contributed by atoms with van der Waals surface area (Å²) in [6.45, 7) is -0.152. The highest BCUT2D eigenvalue weighted by atomic mass is 32.2. The number of benzene rings is 2. The van der Waals surface area contributed by atoms with Gasteiger partial charge in [0, 0.05) is 17.6 Å². The summed E-state index contributed by atoms with van der Waals surface area (Å²) in [5.41, 5.74) is 0.589. The van der Waals surface area contributed by atoms with Crippen LogP contribution < -0.4 is 4.80 Å². The number of carbonyl (C=O) groups excluding carboxylic acids is 2. The summed E-state index contributed by atoms with van der Waals surface area (Å²) in [5.74, 6) is -0.491. The van der Waals surface area contributed by atoms with Crippen molar-refractivity contribution in [1.82, 2.24) is 4.57 Å². The van der Waals surface area contributed by atoms with E-state index >= 15 is 0 Å². The van der Waals surface area contributed by atoms with Gasteiger partial charge in [0.05, 0.1) is 22.2 Å². The lowest BCUT2D eigenvalue weighted by Crippen LogP contribution is -2.22. The number of hydrogen-bond donors (Lipinski definition) is 0. The maximum absolute atomic E-state index is 13.0. The number of halogens is 1. The van der Waals surface area contributed by atoms with Crippen molar-refractivity contribution in [2.45, 2.75) is 29.2 Å². The van der Waals surface area contributed by atoms with E-state index in [1.54, 1.807) is 22.8 Å². The Morgan fingerprint density at radius 1 is 1.19 bits per heavy atom. The number of ether oxygens (including phenoxy) is 1. The molecule has 0 bridgehead atoms. The van der Waals surface area contributed by atoms with Gasteiger partial charge in [-0.2, -0.15) is 4.99 Å². The molecular weight excluding hydrogens is 475 g/mol. The molecule has 11 heteroatoms. The van der Waals surface area contributed by atoms with E-state index in [2.05, 4.69) is 4.99 Å². The van der Waals surface area contributed by atoms with Crippen LogP contribution in [0.1, 0.15) is 12.8 Å². The number of methoxy groups -OCH3 is 1. The van der Waals surface area contributed by atoms with E-state index in [4.69, 9.17) is 4.74 Å². The van der Waals surface area contributed by atoms with E-state index in [1.165, 1.54) is 43.1 Å². The average Bonchev–Trinajstić information content (AvgIpc) is 3.07. The van der Waals surface area contributed by atoms with Crippen LogP contribution >= 0.6 is 23.1 Å². The molecule has 3 aromatic rings. The number of aromatic nitrogens is 1. The highest BCUT2D eigenvalue weighted by molar-refractivity contribution is 7.99. The van der Waals surface area contributed by atoms with E-state index in [1.807, 2.05) is 0 Å². The first kappa shape index (κ1) is 24.1. The number of rotatable bonds is 8. The first-order valence-corrected chi connectivity index (χ1v) is 13.2. The Hall–Kier alpha value is -2.50. The Morgan fingerprint density at radius 2 is 1.91 bits per heavy atom. The van der Waals surface area contributed by atoms with Crippen molar-refractivity contribution in [1.29, 1.82) is 0 Å². The third-order valence-electron chi connectivity index (χ3n) is 4.43. The van der Waals surface area contributed by atoms with Gasteiger partial charge in [-0.05, 0) is 54.6 Å². The largest absolute Gasteiger partial charge is 0.468 e. The van der Waals surface area contributed by atoms with Crippen LogP contribution in [0.4, 0.5) is 4.39 Å². The molecule has 0 N–H and O–H groups in total. The van der Waals surface area contributed by atoms with Crippen molar-refractivity contribution in [3.05, 3.63) is 53.1 Å². The van der Waals surface area contributed by atoms with Gasteiger partial charge in [0.1, 0.15) is 12.4 Å². The second kappa shape index (κ2) is 10.4. The van der Waals surface area contributed by atoms with E-state index in [0.717, 1.165) is 22.5 Å². The van der Waals surface area contributed by atoms with Gasteiger partial charge in [0.15, 0.2) is 14.6 Å². The van der Waals surface area contributed by atoms with Crippen LogP contribution in [0.2, 0.25) is 0 Å². The molecule has 1 heterocycles. The minimum atomic E-state index is -3.40. The molecule has 2 aromatic carbocycles. The first-order chi connectivity index (χ1) is 15.2. The molecule has 0 aliphatic carbocycles. The van der Waals surface area contributed by atoms with Crippen molar-refractivity contribution in [3.63, 3.8) is 0 Å². The van der Waals surface area contributed by atoms with Crippen molar-refractivity contribution in [2.75, 3.05) is 19.1 Å². The van der Waals surface area contributed by atoms with E-state index in [0.29, 0.717) is 27.2 Å². The molecule has 0 radical (unpaired) electrons. The molecule has 0 fully saturated rings. The van der Waals surface area contributed by atoms with Gasteiger partial charge in [0.2, 0.25) is 5.91 Å². The highest BCUT2D eigenvalue weighted by Gasteiger charge is 2.15. The van der Waals surface area contributed by atoms with Gasteiger partial charge < -0.3 is 9.30 Å². The number of thioether (sulfide) groups is 1. The molecule has 0 saturated heterocycles. The molecule has 7 nitrogen and oxygen atoms in total. The fourth-order valence-corrected chi connectivity index (χ4v) is 5.48. The lowest BCUT2D eigenvalue weighted by molar-refractivity contribution is -0.141.